The Morgan fingerprint density at radius 3 is 2.27 bits per heavy atom. The maximum atomic E-state index is 12.3. The van der Waals surface area contributed by atoms with Crippen LogP contribution in [0.2, 0.25) is 0 Å². The maximum Gasteiger partial charge on any atom is 0.323 e. The highest BCUT2D eigenvalue weighted by Crippen LogP contribution is 2.25. The topological polar surface area (TPSA) is 99.6 Å². The predicted octanol–water partition coefficient (Wildman–Crippen LogP) is 5.94. The molecular formula is C34H38N8O2. The van der Waals surface area contributed by atoms with Crippen molar-refractivity contribution in [1.29, 1.82) is 0 Å². The molecule has 0 unspecified atom stereocenters. The van der Waals surface area contributed by atoms with Crippen molar-refractivity contribution >= 4 is 34.1 Å². The van der Waals surface area contributed by atoms with Gasteiger partial charge < -0.3 is 25.2 Å². The number of ether oxygens (including phenoxy) is 1. The van der Waals surface area contributed by atoms with Crippen molar-refractivity contribution in [3.63, 3.8) is 0 Å². The van der Waals surface area contributed by atoms with Crippen LogP contribution < -0.4 is 20.8 Å². The largest absolute Gasteiger partial charge is 0.494 e. The average molecular weight is 591 g/mol. The summed E-state index contributed by atoms with van der Waals surface area (Å²) in [5.41, 5.74) is 8.44. The van der Waals surface area contributed by atoms with Crippen molar-refractivity contribution in [1.82, 2.24) is 24.4 Å². The van der Waals surface area contributed by atoms with Gasteiger partial charge in [-0.25, -0.2) is 19.4 Å². The zero-order valence-electron chi connectivity index (χ0n) is 25.2. The van der Waals surface area contributed by atoms with Crippen LogP contribution in [0, 0.1) is 6.92 Å². The van der Waals surface area contributed by atoms with Crippen LogP contribution in [-0.4, -0.2) is 76.9 Å². The van der Waals surface area contributed by atoms with E-state index in [2.05, 4.69) is 37.9 Å². The lowest BCUT2D eigenvalue weighted by Crippen LogP contribution is -2.44. The van der Waals surface area contributed by atoms with Gasteiger partial charge in [0.2, 0.25) is 0 Å². The summed E-state index contributed by atoms with van der Waals surface area (Å²) >= 11 is 0. The summed E-state index contributed by atoms with van der Waals surface area (Å²) in [6.07, 6.45) is 4.88. The molecule has 2 amide bonds. The lowest BCUT2D eigenvalue weighted by Gasteiger charge is -2.32. The van der Waals surface area contributed by atoms with Crippen molar-refractivity contribution in [3.05, 3.63) is 96.8 Å². The predicted molar refractivity (Wildman–Crippen MR) is 176 cm³/mol. The Kier molecular flexibility index (Phi) is 9.00. The number of anilines is 3. The van der Waals surface area contributed by atoms with Gasteiger partial charge in [0.25, 0.3) is 0 Å². The van der Waals surface area contributed by atoms with E-state index in [4.69, 9.17) is 9.72 Å². The number of hydrogen-bond acceptors (Lipinski definition) is 7. The number of amides is 2. The van der Waals surface area contributed by atoms with Crippen LogP contribution in [-0.2, 0) is 0 Å². The number of urea groups is 1. The number of piperazine rings is 1. The van der Waals surface area contributed by atoms with E-state index >= 15 is 0 Å². The van der Waals surface area contributed by atoms with E-state index in [0.717, 1.165) is 78.4 Å². The molecule has 10 nitrogen and oxygen atoms in total. The summed E-state index contributed by atoms with van der Waals surface area (Å²) < 4.78 is 7.91. The molecule has 0 bridgehead atoms. The summed E-state index contributed by atoms with van der Waals surface area (Å²) in [6, 6.07) is 24.5. The van der Waals surface area contributed by atoms with Crippen LogP contribution in [0.25, 0.3) is 22.4 Å². The fourth-order valence-corrected chi connectivity index (χ4v) is 5.22. The number of nitrogens with zero attached hydrogens (tertiary/aromatic N) is 5. The van der Waals surface area contributed by atoms with Crippen molar-refractivity contribution in [3.8, 4) is 17.1 Å². The van der Waals surface area contributed by atoms with Crippen molar-refractivity contribution in [2.24, 2.45) is 0 Å². The van der Waals surface area contributed by atoms with Gasteiger partial charge in [-0.1, -0.05) is 18.2 Å². The molecule has 3 heterocycles. The SMILES string of the molecule is Cc1cn(Nc2ccc(NC(=O)Nc3ccccc3)cc2)c2nc(-c3ccc(OCCCN4CCN(C)CC4)cc3)ncc12. The smallest absolute Gasteiger partial charge is 0.323 e. The third kappa shape index (κ3) is 7.34. The van der Waals surface area contributed by atoms with Gasteiger partial charge in [0.05, 0.1) is 12.3 Å². The Balaban J connectivity index is 1.06. The zero-order valence-corrected chi connectivity index (χ0v) is 25.2. The second kappa shape index (κ2) is 13.6. The maximum absolute atomic E-state index is 12.3. The van der Waals surface area contributed by atoms with E-state index in [-0.39, 0.29) is 6.03 Å². The molecule has 3 aromatic carbocycles. The van der Waals surface area contributed by atoms with Crippen LogP contribution in [0.5, 0.6) is 5.75 Å². The monoisotopic (exact) mass is 590 g/mol. The third-order valence-corrected chi connectivity index (χ3v) is 7.76. The first kappa shape index (κ1) is 29.2. The highest BCUT2D eigenvalue weighted by Gasteiger charge is 2.14. The van der Waals surface area contributed by atoms with Crippen LogP contribution in [0.4, 0.5) is 21.9 Å². The fraction of sp³-hybridized carbons (Fsp3) is 0.265. The van der Waals surface area contributed by atoms with Gasteiger partial charge in [0.15, 0.2) is 11.5 Å². The number of aryl methyl sites for hydroxylation is 1. The van der Waals surface area contributed by atoms with Crippen LogP contribution >= 0.6 is 0 Å². The van der Waals surface area contributed by atoms with Gasteiger partial charge in [-0.15, -0.1) is 0 Å². The molecule has 3 N–H and O–H groups in total. The second-order valence-corrected chi connectivity index (χ2v) is 11.1. The molecule has 1 saturated heterocycles. The lowest BCUT2D eigenvalue weighted by atomic mass is 10.2. The van der Waals surface area contributed by atoms with Crippen molar-refractivity contribution in [2.75, 3.05) is 62.4 Å². The van der Waals surface area contributed by atoms with Crippen molar-refractivity contribution < 1.29 is 9.53 Å². The number of hydrogen-bond donors (Lipinski definition) is 3. The molecule has 0 saturated carbocycles. The molecule has 2 aromatic heterocycles. The molecular weight excluding hydrogens is 552 g/mol. The first-order valence-electron chi connectivity index (χ1n) is 15.0. The Bertz CT molecular complexity index is 1680. The number of carbonyl (C=O) groups is 1. The van der Waals surface area contributed by atoms with Gasteiger partial charge in [0.1, 0.15) is 5.75 Å². The first-order valence-corrected chi connectivity index (χ1v) is 15.0. The summed E-state index contributed by atoms with van der Waals surface area (Å²) in [5.74, 6) is 1.49. The minimum absolute atomic E-state index is 0.297. The zero-order chi connectivity index (χ0) is 30.3. The molecule has 0 spiro atoms. The quantitative estimate of drug-likeness (QED) is 0.173. The summed E-state index contributed by atoms with van der Waals surface area (Å²) in [7, 11) is 2.18. The number of fused-ring (bicyclic) bond motifs is 1. The minimum atomic E-state index is -0.297. The van der Waals surface area contributed by atoms with E-state index in [1.165, 1.54) is 0 Å². The van der Waals surface area contributed by atoms with Gasteiger partial charge in [-0.2, -0.15) is 0 Å². The minimum Gasteiger partial charge on any atom is -0.494 e. The summed E-state index contributed by atoms with van der Waals surface area (Å²) in [5, 5.41) is 6.65. The van der Waals surface area contributed by atoms with Crippen LogP contribution in [0.15, 0.2) is 91.3 Å². The molecule has 0 atom stereocenters. The third-order valence-electron chi connectivity index (χ3n) is 7.76. The normalized spacial score (nSPS) is 14.0. The van der Waals surface area contributed by atoms with Gasteiger partial charge >= 0.3 is 6.03 Å². The molecule has 0 radical (unpaired) electrons. The van der Waals surface area contributed by atoms with Gasteiger partial charge in [-0.3, -0.25) is 5.43 Å². The molecule has 5 aromatic rings. The van der Waals surface area contributed by atoms with E-state index in [0.29, 0.717) is 18.1 Å². The second-order valence-electron chi connectivity index (χ2n) is 11.1. The highest BCUT2D eigenvalue weighted by atomic mass is 16.5. The highest BCUT2D eigenvalue weighted by molar-refractivity contribution is 5.99. The Morgan fingerprint density at radius 1 is 0.864 bits per heavy atom. The number of rotatable bonds is 10. The number of para-hydroxylation sites is 1. The number of likely N-dealkylation sites (N-methyl/N-ethyl adjacent to an activating group) is 1. The van der Waals surface area contributed by atoms with Crippen LogP contribution in [0.1, 0.15) is 12.0 Å². The van der Waals surface area contributed by atoms with Crippen LogP contribution in [0.3, 0.4) is 0 Å². The standard InChI is InChI=1S/C34H38N8O2/c1-25-24-42(39-29-13-11-28(12-14-29)37-34(43)36-27-7-4-3-5-8-27)33-31(25)23-35-32(38-33)26-9-15-30(16-10-26)44-22-6-17-41-20-18-40(2)19-21-41/h3-5,7-16,23-24,39H,6,17-22H2,1-2H3,(H2,36,37,43). The van der Waals surface area contributed by atoms with E-state index in [1.54, 1.807) is 0 Å². The van der Waals surface area contributed by atoms with Crippen molar-refractivity contribution in [2.45, 2.75) is 13.3 Å². The molecule has 1 aliphatic rings. The Morgan fingerprint density at radius 2 is 1.55 bits per heavy atom. The Hall–Kier alpha value is -4.93. The lowest BCUT2D eigenvalue weighted by molar-refractivity contribution is 0.145. The first-order chi connectivity index (χ1) is 21.5. The molecule has 44 heavy (non-hydrogen) atoms. The summed E-state index contributed by atoms with van der Waals surface area (Å²) in [6.45, 7) is 8.35. The number of aromatic nitrogens is 3. The number of carbonyl (C=O) groups excluding carboxylic acids is 1. The van der Waals surface area contributed by atoms with E-state index in [9.17, 15) is 4.79 Å². The summed E-state index contributed by atoms with van der Waals surface area (Å²) in [4.78, 5) is 26.7. The molecule has 226 valence electrons. The number of benzene rings is 3. The molecule has 10 heteroatoms. The average Bonchev–Trinajstić information content (AvgIpc) is 3.35. The van der Waals surface area contributed by atoms with E-state index in [1.807, 2.05) is 103 Å². The Labute approximate surface area is 257 Å². The fourth-order valence-electron chi connectivity index (χ4n) is 5.22. The van der Waals surface area contributed by atoms with Gasteiger partial charge in [-0.05, 0) is 86.6 Å². The molecule has 0 aliphatic carbocycles. The molecule has 6 rings (SSSR count). The van der Waals surface area contributed by atoms with Gasteiger partial charge in [0, 0.05) is 67.4 Å². The van der Waals surface area contributed by atoms with E-state index < -0.39 is 0 Å². The molecule has 1 aliphatic heterocycles. The molecule has 1 fully saturated rings. The number of nitrogens with one attached hydrogen (secondary N) is 3.